The first-order chi connectivity index (χ1) is 11.1. The van der Waals surface area contributed by atoms with Crippen LogP contribution in [0.3, 0.4) is 0 Å². The van der Waals surface area contributed by atoms with E-state index in [-0.39, 0.29) is 5.91 Å². The SMILES string of the molecule is Cc1ccc(OCCNC(=O)CSc2ccccc2C)c(C)c1. The molecule has 0 saturated heterocycles. The average molecular weight is 329 g/mol. The van der Waals surface area contributed by atoms with Gasteiger partial charge in [-0.15, -0.1) is 11.8 Å². The third kappa shape index (κ3) is 5.64. The van der Waals surface area contributed by atoms with Gasteiger partial charge in [0.05, 0.1) is 12.3 Å². The number of carbonyl (C=O) groups excluding carboxylic acids is 1. The summed E-state index contributed by atoms with van der Waals surface area (Å²) in [4.78, 5) is 13.0. The molecule has 0 aromatic heterocycles. The van der Waals surface area contributed by atoms with Crippen LogP contribution in [0.15, 0.2) is 47.4 Å². The van der Waals surface area contributed by atoms with Crippen LogP contribution in [-0.4, -0.2) is 24.8 Å². The van der Waals surface area contributed by atoms with Crippen molar-refractivity contribution in [1.29, 1.82) is 0 Å². The molecule has 122 valence electrons. The first kappa shape index (κ1) is 17.4. The summed E-state index contributed by atoms with van der Waals surface area (Å²) in [5.41, 5.74) is 3.53. The van der Waals surface area contributed by atoms with Gasteiger partial charge < -0.3 is 10.1 Å². The Morgan fingerprint density at radius 3 is 2.61 bits per heavy atom. The summed E-state index contributed by atoms with van der Waals surface area (Å²) in [7, 11) is 0. The maximum atomic E-state index is 11.9. The number of hydrogen-bond donors (Lipinski definition) is 1. The molecule has 0 aliphatic rings. The largest absolute Gasteiger partial charge is 0.491 e. The maximum Gasteiger partial charge on any atom is 0.230 e. The number of ether oxygens (including phenoxy) is 1. The second-order valence-electron chi connectivity index (χ2n) is 5.52. The number of benzene rings is 2. The Kier molecular flexibility index (Phi) is 6.53. The smallest absolute Gasteiger partial charge is 0.230 e. The van der Waals surface area contributed by atoms with Crippen molar-refractivity contribution in [2.75, 3.05) is 18.9 Å². The molecule has 0 aliphatic carbocycles. The van der Waals surface area contributed by atoms with E-state index in [0.29, 0.717) is 18.9 Å². The van der Waals surface area contributed by atoms with Gasteiger partial charge in [-0.05, 0) is 44.0 Å². The fraction of sp³-hybridized carbons (Fsp3) is 0.316. The first-order valence-electron chi connectivity index (χ1n) is 7.71. The van der Waals surface area contributed by atoms with Crippen molar-refractivity contribution in [3.63, 3.8) is 0 Å². The Bertz CT molecular complexity index is 670. The van der Waals surface area contributed by atoms with Gasteiger partial charge in [0.25, 0.3) is 0 Å². The van der Waals surface area contributed by atoms with Crippen molar-refractivity contribution < 1.29 is 9.53 Å². The molecule has 0 atom stereocenters. The summed E-state index contributed by atoms with van der Waals surface area (Å²) in [6.45, 7) is 7.13. The Labute approximate surface area is 142 Å². The van der Waals surface area contributed by atoms with Crippen LogP contribution in [0.2, 0.25) is 0 Å². The Hall–Kier alpha value is -1.94. The third-order valence-corrected chi connectivity index (χ3v) is 4.64. The molecule has 1 amide bonds. The predicted molar refractivity (Wildman–Crippen MR) is 96.3 cm³/mol. The van der Waals surface area contributed by atoms with E-state index in [1.165, 1.54) is 11.1 Å². The van der Waals surface area contributed by atoms with Gasteiger partial charge in [0.2, 0.25) is 5.91 Å². The Morgan fingerprint density at radius 2 is 1.87 bits per heavy atom. The third-order valence-electron chi connectivity index (χ3n) is 3.46. The molecule has 2 rings (SSSR count). The van der Waals surface area contributed by atoms with Gasteiger partial charge in [-0.2, -0.15) is 0 Å². The first-order valence-corrected chi connectivity index (χ1v) is 8.70. The molecule has 0 spiro atoms. The minimum absolute atomic E-state index is 0.0301. The predicted octanol–water partition coefficient (Wildman–Crippen LogP) is 3.90. The van der Waals surface area contributed by atoms with E-state index in [1.807, 2.05) is 37.3 Å². The zero-order valence-electron chi connectivity index (χ0n) is 13.9. The molecule has 3 nitrogen and oxygen atoms in total. The number of aryl methyl sites for hydroxylation is 3. The highest BCUT2D eigenvalue weighted by Gasteiger charge is 2.05. The van der Waals surface area contributed by atoms with Gasteiger partial charge in [-0.25, -0.2) is 0 Å². The highest BCUT2D eigenvalue weighted by molar-refractivity contribution is 8.00. The van der Waals surface area contributed by atoms with Crippen molar-refractivity contribution in [2.24, 2.45) is 0 Å². The van der Waals surface area contributed by atoms with Crippen LogP contribution in [0, 0.1) is 20.8 Å². The zero-order valence-corrected chi connectivity index (χ0v) is 14.7. The molecular weight excluding hydrogens is 306 g/mol. The van der Waals surface area contributed by atoms with E-state index in [1.54, 1.807) is 11.8 Å². The molecule has 0 aliphatic heterocycles. The van der Waals surface area contributed by atoms with E-state index in [2.05, 4.69) is 31.3 Å². The molecule has 0 saturated carbocycles. The van der Waals surface area contributed by atoms with Crippen molar-refractivity contribution in [3.05, 3.63) is 59.2 Å². The van der Waals surface area contributed by atoms with Gasteiger partial charge in [0.15, 0.2) is 0 Å². The molecule has 23 heavy (non-hydrogen) atoms. The minimum atomic E-state index is 0.0301. The van der Waals surface area contributed by atoms with E-state index in [4.69, 9.17) is 4.74 Å². The standard InChI is InChI=1S/C19H23NO2S/c1-14-8-9-17(16(3)12-14)22-11-10-20-19(21)13-23-18-7-5-4-6-15(18)2/h4-9,12H,10-11,13H2,1-3H3,(H,20,21). The van der Waals surface area contributed by atoms with Crippen LogP contribution in [0.5, 0.6) is 5.75 Å². The van der Waals surface area contributed by atoms with Crippen LogP contribution in [-0.2, 0) is 4.79 Å². The molecule has 0 bridgehead atoms. The monoisotopic (exact) mass is 329 g/mol. The molecule has 0 heterocycles. The van der Waals surface area contributed by atoms with Gasteiger partial charge in [-0.1, -0.05) is 35.9 Å². The van der Waals surface area contributed by atoms with Crippen molar-refractivity contribution in [2.45, 2.75) is 25.7 Å². The second-order valence-corrected chi connectivity index (χ2v) is 6.54. The Balaban J connectivity index is 1.68. The summed E-state index contributed by atoms with van der Waals surface area (Å²) in [5.74, 6) is 1.33. The molecule has 0 fully saturated rings. The number of nitrogens with one attached hydrogen (secondary N) is 1. The number of rotatable bonds is 7. The lowest BCUT2D eigenvalue weighted by Crippen LogP contribution is -2.29. The number of amides is 1. The molecule has 2 aromatic rings. The molecule has 1 N–H and O–H groups in total. The molecule has 4 heteroatoms. The summed E-state index contributed by atoms with van der Waals surface area (Å²) in [6.07, 6.45) is 0. The summed E-state index contributed by atoms with van der Waals surface area (Å²) < 4.78 is 5.70. The fourth-order valence-electron chi connectivity index (χ4n) is 2.23. The topological polar surface area (TPSA) is 38.3 Å². The second kappa shape index (κ2) is 8.63. The van der Waals surface area contributed by atoms with Crippen molar-refractivity contribution in [3.8, 4) is 5.75 Å². The van der Waals surface area contributed by atoms with Gasteiger partial charge in [0.1, 0.15) is 12.4 Å². The molecule has 0 unspecified atom stereocenters. The normalized spacial score (nSPS) is 10.4. The van der Waals surface area contributed by atoms with E-state index < -0.39 is 0 Å². The van der Waals surface area contributed by atoms with Crippen molar-refractivity contribution in [1.82, 2.24) is 5.32 Å². The average Bonchev–Trinajstić information content (AvgIpc) is 2.52. The van der Waals surface area contributed by atoms with E-state index >= 15 is 0 Å². The molecule has 2 aromatic carbocycles. The van der Waals surface area contributed by atoms with Crippen molar-refractivity contribution >= 4 is 17.7 Å². The summed E-state index contributed by atoms with van der Waals surface area (Å²) >= 11 is 1.56. The number of carbonyl (C=O) groups is 1. The lowest BCUT2D eigenvalue weighted by Gasteiger charge is -2.10. The maximum absolute atomic E-state index is 11.9. The van der Waals surface area contributed by atoms with Crippen LogP contribution in [0.1, 0.15) is 16.7 Å². The van der Waals surface area contributed by atoms with Crippen LogP contribution in [0.4, 0.5) is 0 Å². The number of hydrogen-bond acceptors (Lipinski definition) is 3. The van der Waals surface area contributed by atoms with Gasteiger partial charge in [0, 0.05) is 4.90 Å². The van der Waals surface area contributed by atoms with E-state index in [9.17, 15) is 4.79 Å². The summed E-state index contributed by atoms with van der Waals surface area (Å²) in [5, 5.41) is 2.89. The fourth-order valence-corrected chi connectivity index (χ4v) is 3.08. The van der Waals surface area contributed by atoms with Gasteiger partial charge >= 0.3 is 0 Å². The van der Waals surface area contributed by atoms with E-state index in [0.717, 1.165) is 16.2 Å². The highest BCUT2D eigenvalue weighted by Crippen LogP contribution is 2.21. The molecular formula is C19H23NO2S. The van der Waals surface area contributed by atoms with Crippen LogP contribution >= 0.6 is 11.8 Å². The molecule has 0 radical (unpaired) electrons. The highest BCUT2D eigenvalue weighted by atomic mass is 32.2. The Morgan fingerprint density at radius 1 is 1.09 bits per heavy atom. The number of thioether (sulfide) groups is 1. The zero-order chi connectivity index (χ0) is 16.7. The van der Waals surface area contributed by atoms with Crippen LogP contribution in [0.25, 0.3) is 0 Å². The van der Waals surface area contributed by atoms with Gasteiger partial charge in [-0.3, -0.25) is 4.79 Å². The van der Waals surface area contributed by atoms with Crippen LogP contribution < -0.4 is 10.1 Å². The lowest BCUT2D eigenvalue weighted by molar-refractivity contribution is -0.118. The summed E-state index contributed by atoms with van der Waals surface area (Å²) in [6, 6.07) is 14.2. The lowest BCUT2D eigenvalue weighted by atomic mass is 10.1. The quantitative estimate of drug-likeness (QED) is 0.618. The minimum Gasteiger partial charge on any atom is -0.491 e.